The molecule has 0 unspecified atom stereocenters. The number of imidazole rings is 1. The molecule has 4 atom stereocenters. The topological polar surface area (TPSA) is 126 Å². The van der Waals surface area contributed by atoms with E-state index < -0.39 is 42.8 Å². The van der Waals surface area contributed by atoms with Crippen LogP contribution in [0.5, 0.6) is 0 Å². The van der Waals surface area contributed by atoms with Gasteiger partial charge >= 0.3 is 0 Å². The number of halogens is 2. The van der Waals surface area contributed by atoms with E-state index >= 15 is 0 Å². The summed E-state index contributed by atoms with van der Waals surface area (Å²) in [6.45, 7) is -0.622. The molecule has 1 aromatic carbocycles. The second kappa shape index (κ2) is 7.36. The Hall–Kier alpha value is -2.73. The van der Waals surface area contributed by atoms with Crippen LogP contribution in [0.1, 0.15) is 11.8 Å². The van der Waals surface area contributed by atoms with Gasteiger partial charge in [-0.25, -0.2) is 23.7 Å². The predicted molar refractivity (Wildman–Crippen MR) is 92.0 cm³/mol. The normalized spacial score (nSPS) is 24.8. The van der Waals surface area contributed by atoms with Crippen LogP contribution in [0.25, 0.3) is 11.2 Å². The van der Waals surface area contributed by atoms with Crippen molar-refractivity contribution in [2.75, 3.05) is 11.9 Å². The van der Waals surface area contributed by atoms with Crippen molar-refractivity contribution < 1.29 is 28.8 Å². The summed E-state index contributed by atoms with van der Waals surface area (Å²) in [7, 11) is 0. The molecule has 11 heteroatoms. The zero-order valence-corrected chi connectivity index (χ0v) is 14.4. The number of rotatable bonds is 5. The van der Waals surface area contributed by atoms with Crippen LogP contribution in [-0.4, -0.2) is 59.8 Å². The second-order valence-corrected chi connectivity index (χ2v) is 6.33. The highest BCUT2D eigenvalue weighted by atomic mass is 19.1. The first-order valence-electron chi connectivity index (χ1n) is 8.48. The average molecular weight is 393 g/mol. The minimum absolute atomic E-state index is 0.142. The third-order valence-electron chi connectivity index (χ3n) is 4.64. The van der Waals surface area contributed by atoms with Gasteiger partial charge in [-0.1, -0.05) is 6.07 Å². The van der Waals surface area contributed by atoms with E-state index in [1.54, 1.807) is 0 Å². The summed E-state index contributed by atoms with van der Waals surface area (Å²) in [5.41, 5.74) is 0.426. The van der Waals surface area contributed by atoms with Gasteiger partial charge in [0.15, 0.2) is 23.2 Å². The number of aromatic nitrogens is 4. The molecule has 2 aromatic heterocycles. The Morgan fingerprint density at radius 3 is 2.54 bits per heavy atom. The molecule has 0 bridgehead atoms. The molecule has 1 saturated heterocycles. The van der Waals surface area contributed by atoms with Gasteiger partial charge < -0.3 is 25.4 Å². The Bertz CT molecular complexity index is 981. The van der Waals surface area contributed by atoms with Gasteiger partial charge in [0.2, 0.25) is 0 Å². The average Bonchev–Trinajstić information content (AvgIpc) is 3.23. The van der Waals surface area contributed by atoms with Crippen LogP contribution in [0.3, 0.4) is 0 Å². The van der Waals surface area contributed by atoms with Crippen molar-refractivity contribution in [1.82, 2.24) is 19.5 Å². The number of aliphatic hydroxyl groups excluding tert-OH is 3. The summed E-state index contributed by atoms with van der Waals surface area (Å²) in [6.07, 6.45) is -1.95. The molecule has 4 rings (SSSR count). The van der Waals surface area contributed by atoms with Crippen molar-refractivity contribution in [2.24, 2.45) is 0 Å². The van der Waals surface area contributed by atoms with E-state index in [0.717, 1.165) is 12.1 Å². The second-order valence-electron chi connectivity index (χ2n) is 6.33. The van der Waals surface area contributed by atoms with Gasteiger partial charge in [0.1, 0.15) is 36.3 Å². The van der Waals surface area contributed by atoms with Crippen LogP contribution in [0.4, 0.5) is 14.6 Å². The van der Waals surface area contributed by atoms with Crippen molar-refractivity contribution in [1.29, 1.82) is 0 Å². The van der Waals surface area contributed by atoms with Gasteiger partial charge in [0, 0.05) is 12.1 Å². The van der Waals surface area contributed by atoms with Crippen LogP contribution >= 0.6 is 0 Å². The smallest absolute Gasteiger partial charge is 0.167 e. The number of fused-ring (bicyclic) bond motifs is 1. The lowest BCUT2D eigenvalue weighted by Crippen LogP contribution is -2.33. The molecule has 0 aliphatic carbocycles. The van der Waals surface area contributed by atoms with Crippen molar-refractivity contribution in [2.45, 2.75) is 31.1 Å². The molecule has 1 fully saturated rings. The van der Waals surface area contributed by atoms with E-state index in [2.05, 4.69) is 20.3 Å². The third-order valence-corrected chi connectivity index (χ3v) is 4.64. The minimum atomic E-state index is -1.30. The SMILES string of the molecule is OC[C@H]1O[C@@H](n2cnc3c(NCc4c(F)cccc4F)ncnc32)[C@H](O)[C@@H]1O. The number of benzene rings is 1. The lowest BCUT2D eigenvalue weighted by atomic mass is 10.1. The zero-order chi connectivity index (χ0) is 19.8. The van der Waals surface area contributed by atoms with E-state index in [1.807, 2.05) is 0 Å². The maximum atomic E-state index is 13.8. The van der Waals surface area contributed by atoms with Crippen molar-refractivity contribution in [3.63, 3.8) is 0 Å². The number of nitrogens with zero attached hydrogens (tertiary/aromatic N) is 4. The summed E-state index contributed by atoms with van der Waals surface area (Å²) in [5.74, 6) is -1.14. The molecule has 0 spiro atoms. The predicted octanol–water partition coefficient (Wildman–Crippen LogP) is 0.328. The number of hydrogen-bond donors (Lipinski definition) is 4. The minimum Gasteiger partial charge on any atom is -0.394 e. The molecule has 0 amide bonds. The first kappa shape index (κ1) is 18.6. The van der Waals surface area contributed by atoms with Gasteiger partial charge in [-0.15, -0.1) is 0 Å². The van der Waals surface area contributed by atoms with Crippen molar-refractivity contribution in [3.05, 3.63) is 48.1 Å². The molecular weight excluding hydrogens is 376 g/mol. The van der Waals surface area contributed by atoms with E-state index in [0.29, 0.717) is 0 Å². The third kappa shape index (κ3) is 3.07. The van der Waals surface area contributed by atoms with Gasteiger partial charge in [0.05, 0.1) is 12.9 Å². The fraction of sp³-hybridized carbons (Fsp3) is 0.353. The number of anilines is 1. The monoisotopic (exact) mass is 393 g/mol. The lowest BCUT2D eigenvalue weighted by Gasteiger charge is -2.16. The standard InChI is InChI=1S/C17H17F2N5O4/c18-9-2-1-3-10(19)8(9)4-20-15-12-16(22-6-21-15)24(7-23-12)17-14(27)13(26)11(5-25)28-17/h1-3,6-7,11,13-14,17,25-27H,4-5H2,(H,20,21,22)/t11-,13-,14-,17-/m1/s1. The van der Waals surface area contributed by atoms with Crippen LogP contribution in [0, 0.1) is 11.6 Å². The number of aliphatic hydroxyl groups is 3. The fourth-order valence-electron chi connectivity index (χ4n) is 3.15. The largest absolute Gasteiger partial charge is 0.394 e. The highest BCUT2D eigenvalue weighted by molar-refractivity contribution is 5.82. The number of hydrogen-bond acceptors (Lipinski definition) is 8. The Labute approximate surface area is 157 Å². The van der Waals surface area contributed by atoms with Gasteiger partial charge in [0.25, 0.3) is 0 Å². The lowest BCUT2D eigenvalue weighted by molar-refractivity contribution is -0.0511. The molecule has 1 aliphatic rings. The summed E-state index contributed by atoms with van der Waals surface area (Å²) < 4.78 is 34.5. The quantitative estimate of drug-likeness (QED) is 0.489. The molecule has 0 saturated carbocycles. The number of ether oxygens (including phenoxy) is 1. The zero-order valence-electron chi connectivity index (χ0n) is 14.4. The highest BCUT2D eigenvalue weighted by Gasteiger charge is 2.44. The van der Waals surface area contributed by atoms with Crippen molar-refractivity contribution >= 4 is 17.0 Å². The summed E-state index contributed by atoms with van der Waals surface area (Å²) in [6, 6.07) is 3.60. The van der Waals surface area contributed by atoms with Crippen LogP contribution < -0.4 is 5.32 Å². The van der Waals surface area contributed by atoms with Gasteiger partial charge in [-0.05, 0) is 12.1 Å². The molecular formula is C17H17F2N5O4. The molecule has 148 valence electrons. The molecule has 1 aliphatic heterocycles. The van der Waals surface area contributed by atoms with Crippen molar-refractivity contribution in [3.8, 4) is 0 Å². The first-order valence-corrected chi connectivity index (χ1v) is 8.48. The highest BCUT2D eigenvalue weighted by Crippen LogP contribution is 2.32. The summed E-state index contributed by atoms with van der Waals surface area (Å²) >= 11 is 0. The molecule has 0 radical (unpaired) electrons. The molecule has 9 nitrogen and oxygen atoms in total. The molecule has 28 heavy (non-hydrogen) atoms. The van der Waals surface area contributed by atoms with Crippen LogP contribution in [0.2, 0.25) is 0 Å². The van der Waals surface area contributed by atoms with E-state index in [-0.39, 0.29) is 29.1 Å². The van der Waals surface area contributed by atoms with Crippen LogP contribution in [0.15, 0.2) is 30.9 Å². The summed E-state index contributed by atoms with van der Waals surface area (Å²) in [5, 5.41) is 32.2. The van der Waals surface area contributed by atoms with Gasteiger partial charge in [-0.2, -0.15) is 0 Å². The van der Waals surface area contributed by atoms with Crippen LogP contribution in [-0.2, 0) is 11.3 Å². The Morgan fingerprint density at radius 1 is 1.11 bits per heavy atom. The first-order chi connectivity index (χ1) is 13.5. The Morgan fingerprint density at radius 2 is 1.86 bits per heavy atom. The Balaban J connectivity index is 1.62. The van der Waals surface area contributed by atoms with Gasteiger partial charge in [-0.3, -0.25) is 4.57 Å². The molecule has 4 N–H and O–H groups in total. The summed E-state index contributed by atoms with van der Waals surface area (Å²) in [4.78, 5) is 12.3. The Kier molecular flexibility index (Phi) is 4.89. The van der Waals surface area contributed by atoms with E-state index in [4.69, 9.17) is 4.74 Å². The maximum absolute atomic E-state index is 13.8. The maximum Gasteiger partial charge on any atom is 0.167 e. The molecule has 3 heterocycles. The number of nitrogens with one attached hydrogen (secondary N) is 1. The van der Waals surface area contributed by atoms with E-state index in [9.17, 15) is 24.1 Å². The fourth-order valence-corrected chi connectivity index (χ4v) is 3.15. The molecule has 3 aromatic rings. The van der Waals surface area contributed by atoms with E-state index in [1.165, 1.54) is 23.3 Å².